The standard InChI is InChI=1S/C17H17ClF3N3O/c1-3-24(4-2)12-6-8-14(22-10-12)16(25)23-15-9-11(17(19,20)21)5-7-13(15)18/h5-10H,3-4H2,1-2H3,(H,23,25). The summed E-state index contributed by atoms with van der Waals surface area (Å²) in [6, 6.07) is 6.00. The summed E-state index contributed by atoms with van der Waals surface area (Å²) in [5.74, 6) is -0.632. The van der Waals surface area contributed by atoms with E-state index >= 15 is 0 Å². The summed E-state index contributed by atoms with van der Waals surface area (Å²) in [6.07, 6.45) is -2.97. The summed E-state index contributed by atoms with van der Waals surface area (Å²) in [6.45, 7) is 5.59. The van der Waals surface area contributed by atoms with Crippen molar-refractivity contribution in [1.82, 2.24) is 4.98 Å². The Morgan fingerprint density at radius 3 is 2.40 bits per heavy atom. The molecule has 134 valence electrons. The molecule has 2 aromatic rings. The first kappa shape index (κ1) is 19.1. The van der Waals surface area contributed by atoms with Gasteiger partial charge in [0.2, 0.25) is 0 Å². The fraction of sp³-hybridized carbons (Fsp3) is 0.294. The van der Waals surface area contributed by atoms with E-state index in [0.717, 1.165) is 37.0 Å². The average Bonchev–Trinajstić information content (AvgIpc) is 2.57. The Hall–Kier alpha value is -2.28. The van der Waals surface area contributed by atoms with Crippen LogP contribution in [0.4, 0.5) is 24.5 Å². The van der Waals surface area contributed by atoms with Gasteiger partial charge in [-0.05, 0) is 44.2 Å². The zero-order chi connectivity index (χ0) is 18.6. The number of benzene rings is 1. The van der Waals surface area contributed by atoms with Crippen LogP contribution in [0.15, 0.2) is 36.5 Å². The predicted octanol–water partition coefficient (Wildman–Crippen LogP) is 4.85. The number of rotatable bonds is 5. The van der Waals surface area contributed by atoms with Crippen LogP contribution in [-0.4, -0.2) is 24.0 Å². The third-order valence-electron chi connectivity index (χ3n) is 3.65. The molecule has 0 bridgehead atoms. The zero-order valence-electron chi connectivity index (χ0n) is 13.7. The van der Waals surface area contributed by atoms with Crippen molar-refractivity contribution in [2.24, 2.45) is 0 Å². The minimum absolute atomic E-state index is 0.0149. The number of hydrogen-bond donors (Lipinski definition) is 1. The topological polar surface area (TPSA) is 45.2 Å². The van der Waals surface area contributed by atoms with E-state index in [1.807, 2.05) is 13.8 Å². The van der Waals surface area contributed by atoms with E-state index in [9.17, 15) is 18.0 Å². The van der Waals surface area contributed by atoms with Crippen LogP contribution in [-0.2, 0) is 6.18 Å². The quantitative estimate of drug-likeness (QED) is 0.817. The first-order chi connectivity index (χ1) is 11.8. The Labute approximate surface area is 148 Å². The number of alkyl halides is 3. The highest BCUT2D eigenvalue weighted by molar-refractivity contribution is 6.33. The first-order valence-corrected chi connectivity index (χ1v) is 8.03. The third-order valence-corrected chi connectivity index (χ3v) is 3.98. The number of nitrogens with one attached hydrogen (secondary N) is 1. The molecule has 25 heavy (non-hydrogen) atoms. The highest BCUT2D eigenvalue weighted by atomic mass is 35.5. The van der Waals surface area contributed by atoms with E-state index < -0.39 is 17.6 Å². The summed E-state index contributed by atoms with van der Waals surface area (Å²) in [4.78, 5) is 18.3. The molecule has 0 saturated heterocycles. The van der Waals surface area contributed by atoms with Gasteiger partial charge < -0.3 is 10.2 Å². The molecule has 2 rings (SSSR count). The Balaban J connectivity index is 2.20. The van der Waals surface area contributed by atoms with Crippen LogP contribution in [0.2, 0.25) is 5.02 Å². The monoisotopic (exact) mass is 371 g/mol. The second kappa shape index (κ2) is 7.74. The average molecular weight is 372 g/mol. The van der Waals surface area contributed by atoms with Crippen LogP contribution in [0, 0.1) is 0 Å². The van der Waals surface area contributed by atoms with Crippen LogP contribution in [0.3, 0.4) is 0 Å². The maximum atomic E-state index is 12.8. The van der Waals surface area contributed by atoms with Gasteiger partial charge in [-0.3, -0.25) is 4.79 Å². The van der Waals surface area contributed by atoms with Gasteiger partial charge >= 0.3 is 6.18 Å². The van der Waals surface area contributed by atoms with Crippen molar-refractivity contribution in [2.45, 2.75) is 20.0 Å². The van der Waals surface area contributed by atoms with Crippen LogP contribution < -0.4 is 10.2 Å². The number of hydrogen-bond acceptors (Lipinski definition) is 3. The first-order valence-electron chi connectivity index (χ1n) is 7.65. The van der Waals surface area contributed by atoms with E-state index in [1.165, 1.54) is 6.07 Å². The normalized spacial score (nSPS) is 11.3. The molecule has 1 heterocycles. The van der Waals surface area contributed by atoms with Gasteiger partial charge in [0.05, 0.1) is 28.2 Å². The molecule has 0 spiro atoms. The number of nitrogens with zero attached hydrogens (tertiary/aromatic N) is 2. The van der Waals surface area contributed by atoms with Crippen molar-refractivity contribution in [3.05, 3.63) is 52.8 Å². The lowest BCUT2D eigenvalue weighted by Crippen LogP contribution is -2.22. The predicted molar refractivity (Wildman–Crippen MR) is 92.2 cm³/mol. The molecule has 1 N–H and O–H groups in total. The molecule has 0 saturated carbocycles. The molecule has 8 heteroatoms. The van der Waals surface area contributed by atoms with E-state index in [0.29, 0.717) is 0 Å². The Bertz CT molecular complexity index is 744. The van der Waals surface area contributed by atoms with Crippen molar-refractivity contribution in [2.75, 3.05) is 23.3 Å². The number of amides is 1. The maximum Gasteiger partial charge on any atom is 0.416 e. The van der Waals surface area contributed by atoms with Crippen LogP contribution in [0.25, 0.3) is 0 Å². The molecule has 0 aliphatic rings. The smallest absolute Gasteiger partial charge is 0.371 e. The van der Waals surface area contributed by atoms with E-state index in [-0.39, 0.29) is 16.4 Å². The fourth-order valence-corrected chi connectivity index (χ4v) is 2.44. The molecular weight excluding hydrogens is 355 g/mol. The van der Waals surface area contributed by atoms with Crippen LogP contribution in [0.1, 0.15) is 29.9 Å². The molecule has 0 aliphatic heterocycles. The lowest BCUT2D eigenvalue weighted by molar-refractivity contribution is -0.137. The number of carbonyl (C=O) groups excluding carboxylic acids is 1. The van der Waals surface area contributed by atoms with Crippen molar-refractivity contribution in [1.29, 1.82) is 0 Å². The van der Waals surface area contributed by atoms with Gasteiger partial charge in [-0.1, -0.05) is 11.6 Å². The van der Waals surface area contributed by atoms with Crippen molar-refractivity contribution < 1.29 is 18.0 Å². The zero-order valence-corrected chi connectivity index (χ0v) is 14.4. The molecule has 0 fully saturated rings. The van der Waals surface area contributed by atoms with E-state index in [1.54, 1.807) is 12.3 Å². The second-order valence-corrected chi connectivity index (χ2v) is 5.63. The highest BCUT2D eigenvalue weighted by Crippen LogP contribution is 2.33. The Morgan fingerprint density at radius 1 is 1.20 bits per heavy atom. The summed E-state index contributed by atoms with van der Waals surface area (Å²) in [5, 5.41) is 2.38. The van der Waals surface area contributed by atoms with Crippen LogP contribution in [0.5, 0.6) is 0 Å². The van der Waals surface area contributed by atoms with Gasteiger partial charge in [-0.2, -0.15) is 13.2 Å². The van der Waals surface area contributed by atoms with Gasteiger partial charge in [-0.25, -0.2) is 4.98 Å². The van der Waals surface area contributed by atoms with Gasteiger partial charge in [0, 0.05) is 13.1 Å². The van der Waals surface area contributed by atoms with Crippen molar-refractivity contribution in [3.8, 4) is 0 Å². The van der Waals surface area contributed by atoms with Gasteiger partial charge in [0.15, 0.2) is 0 Å². The lowest BCUT2D eigenvalue weighted by atomic mass is 10.2. The SMILES string of the molecule is CCN(CC)c1ccc(C(=O)Nc2cc(C(F)(F)F)ccc2Cl)nc1. The minimum Gasteiger partial charge on any atom is -0.371 e. The van der Waals surface area contributed by atoms with Crippen molar-refractivity contribution in [3.63, 3.8) is 0 Å². The van der Waals surface area contributed by atoms with E-state index in [4.69, 9.17) is 11.6 Å². The molecule has 1 aromatic heterocycles. The highest BCUT2D eigenvalue weighted by Gasteiger charge is 2.31. The van der Waals surface area contributed by atoms with Gasteiger partial charge in [0.1, 0.15) is 5.69 Å². The molecule has 0 aliphatic carbocycles. The molecule has 1 amide bonds. The maximum absolute atomic E-state index is 12.8. The fourth-order valence-electron chi connectivity index (χ4n) is 2.28. The summed E-state index contributed by atoms with van der Waals surface area (Å²) < 4.78 is 38.3. The third kappa shape index (κ3) is 4.63. The van der Waals surface area contributed by atoms with E-state index in [2.05, 4.69) is 15.2 Å². The number of anilines is 2. The minimum atomic E-state index is -4.52. The summed E-state index contributed by atoms with van der Waals surface area (Å²) in [7, 11) is 0. The summed E-state index contributed by atoms with van der Waals surface area (Å²) in [5.41, 5.74) is -0.0591. The largest absolute Gasteiger partial charge is 0.416 e. The second-order valence-electron chi connectivity index (χ2n) is 5.22. The number of halogens is 4. The van der Waals surface area contributed by atoms with Gasteiger partial charge in [0.25, 0.3) is 5.91 Å². The number of pyridine rings is 1. The molecule has 0 atom stereocenters. The Morgan fingerprint density at radius 2 is 1.88 bits per heavy atom. The number of carbonyl (C=O) groups is 1. The number of aromatic nitrogens is 1. The molecular formula is C17H17ClF3N3O. The molecule has 1 aromatic carbocycles. The van der Waals surface area contributed by atoms with Crippen molar-refractivity contribution >= 4 is 28.9 Å². The van der Waals surface area contributed by atoms with Gasteiger partial charge in [-0.15, -0.1) is 0 Å². The lowest BCUT2D eigenvalue weighted by Gasteiger charge is -2.20. The molecule has 0 radical (unpaired) electrons. The molecule has 0 unspecified atom stereocenters. The molecule has 4 nitrogen and oxygen atoms in total. The van der Waals surface area contributed by atoms with Crippen LogP contribution >= 0.6 is 11.6 Å². The Kier molecular flexibility index (Phi) is 5.89. The summed E-state index contributed by atoms with van der Waals surface area (Å²) >= 11 is 5.87.